The molecule has 6 nitrogen and oxygen atoms in total. The molecule has 0 bridgehead atoms. The third-order valence-electron chi connectivity index (χ3n) is 6.51. The smallest absolute Gasteiger partial charge is 0.410 e. The average Bonchev–Trinajstić information content (AvgIpc) is 3.19. The lowest BCUT2D eigenvalue weighted by Crippen LogP contribution is -2.44. The van der Waals surface area contributed by atoms with Gasteiger partial charge in [0.05, 0.1) is 0 Å². The quantitative estimate of drug-likeness (QED) is 0.440. The second-order valence-electron chi connectivity index (χ2n) is 8.53. The van der Waals surface area contributed by atoms with Crippen molar-refractivity contribution in [2.24, 2.45) is 0 Å². The number of carbonyl (C=O) groups is 2. The number of carboxylic acids is 1. The minimum Gasteiger partial charge on any atom is -0.480 e. The molecule has 1 aromatic heterocycles. The molecule has 3 aromatic carbocycles. The van der Waals surface area contributed by atoms with Gasteiger partial charge >= 0.3 is 12.1 Å². The zero-order valence-electron chi connectivity index (χ0n) is 18.7. The van der Waals surface area contributed by atoms with Gasteiger partial charge in [0, 0.05) is 37.2 Å². The number of hydrogen-bond donors (Lipinski definition) is 1. The normalized spacial score (nSPS) is 13.2. The molecular weight excluding hydrogens is 428 g/mol. The van der Waals surface area contributed by atoms with E-state index < -0.39 is 18.1 Å². The summed E-state index contributed by atoms with van der Waals surface area (Å²) < 4.78 is 5.66. The number of aromatic nitrogens is 1. The number of aliphatic carboxylic acids is 1. The lowest BCUT2D eigenvalue weighted by molar-refractivity contribution is -0.142. The highest BCUT2D eigenvalue weighted by atomic mass is 16.6. The molecule has 0 saturated heterocycles. The molecule has 6 heteroatoms. The fraction of sp³-hybridized carbons (Fsp3) is 0.179. The van der Waals surface area contributed by atoms with Crippen LogP contribution in [0.1, 0.15) is 22.6 Å². The summed E-state index contributed by atoms with van der Waals surface area (Å²) >= 11 is 0. The Labute approximate surface area is 197 Å². The van der Waals surface area contributed by atoms with Crippen molar-refractivity contribution in [2.45, 2.75) is 18.4 Å². The van der Waals surface area contributed by atoms with Gasteiger partial charge in [-0.1, -0.05) is 66.7 Å². The van der Waals surface area contributed by atoms with Crippen LogP contribution in [0.5, 0.6) is 0 Å². The van der Waals surface area contributed by atoms with Crippen LogP contribution < -0.4 is 0 Å². The first-order chi connectivity index (χ1) is 16.5. The Balaban J connectivity index is 1.31. The van der Waals surface area contributed by atoms with E-state index in [1.165, 1.54) is 11.9 Å². The molecule has 0 spiro atoms. The highest BCUT2D eigenvalue weighted by Crippen LogP contribution is 2.44. The number of carboxylic acid groups (broad SMARTS) is 1. The molecule has 0 unspecified atom stereocenters. The summed E-state index contributed by atoms with van der Waals surface area (Å²) in [4.78, 5) is 30.2. The maximum absolute atomic E-state index is 12.9. The Morgan fingerprint density at radius 3 is 2.32 bits per heavy atom. The van der Waals surface area contributed by atoms with Gasteiger partial charge in [-0.25, -0.2) is 9.59 Å². The number of hydrogen-bond acceptors (Lipinski definition) is 4. The van der Waals surface area contributed by atoms with Crippen LogP contribution in [0.2, 0.25) is 0 Å². The van der Waals surface area contributed by atoms with Gasteiger partial charge in [0.2, 0.25) is 0 Å². The van der Waals surface area contributed by atoms with Gasteiger partial charge in [0.15, 0.2) is 0 Å². The van der Waals surface area contributed by atoms with E-state index in [0.29, 0.717) is 0 Å². The number of benzene rings is 3. The molecule has 1 aliphatic rings. The Morgan fingerprint density at radius 2 is 1.65 bits per heavy atom. The molecule has 1 aliphatic carbocycles. The Kier molecular flexibility index (Phi) is 5.72. The van der Waals surface area contributed by atoms with Gasteiger partial charge in [0.1, 0.15) is 12.6 Å². The first-order valence-corrected chi connectivity index (χ1v) is 11.2. The van der Waals surface area contributed by atoms with E-state index in [1.54, 1.807) is 12.4 Å². The minimum atomic E-state index is -1.08. The summed E-state index contributed by atoms with van der Waals surface area (Å²) in [6.07, 6.45) is 2.98. The summed E-state index contributed by atoms with van der Waals surface area (Å²) in [5, 5.41) is 11.8. The van der Waals surface area contributed by atoms with Crippen molar-refractivity contribution in [2.75, 3.05) is 13.7 Å². The van der Waals surface area contributed by atoms with Crippen LogP contribution in [0.25, 0.3) is 21.9 Å². The standard InChI is InChI=1S/C28H24N2O4/c1-30(26(27(31)32)15-18-10-11-20-16-29-13-12-19(20)14-18)28(33)34-17-25-23-8-4-2-6-21(23)22-7-3-5-9-24(22)25/h2-14,16,25-26H,15,17H2,1H3,(H,31,32)/t26-/m0/s1. The van der Waals surface area contributed by atoms with Gasteiger partial charge < -0.3 is 9.84 Å². The van der Waals surface area contributed by atoms with E-state index in [1.807, 2.05) is 60.7 Å². The number of fused-ring (bicyclic) bond motifs is 4. The van der Waals surface area contributed by atoms with E-state index in [4.69, 9.17) is 4.74 Å². The van der Waals surface area contributed by atoms with Gasteiger partial charge in [-0.15, -0.1) is 0 Å². The molecule has 1 atom stereocenters. The lowest BCUT2D eigenvalue weighted by Gasteiger charge is -2.25. The molecule has 1 amide bonds. The molecule has 4 aromatic rings. The van der Waals surface area contributed by atoms with Crippen molar-refractivity contribution in [3.8, 4) is 11.1 Å². The van der Waals surface area contributed by atoms with Crippen LogP contribution >= 0.6 is 0 Å². The average molecular weight is 453 g/mol. The van der Waals surface area contributed by atoms with E-state index in [-0.39, 0.29) is 18.9 Å². The SMILES string of the molecule is CN(C(=O)OCC1c2ccccc2-c2ccccc21)[C@@H](Cc1ccc2cnccc2c1)C(=O)O. The van der Waals surface area contributed by atoms with Crippen molar-refractivity contribution in [3.63, 3.8) is 0 Å². The van der Waals surface area contributed by atoms with Gasteiger partial charge in [-0.3, -0.25) is 9.88 Å². The van der Waals surface area contributed by atoms with Crippen LogP contribution in [0.15, 0.2) is 85.2 Å². The second-order valence-corrected chi connectivity index (χ2v) is 8.53. The topological polar surface area (TPSA) is 79.7 Å². The number of nitrogens with zero attached hydrogens (tertiary/aromatic N) is 2. The predicted octanol–water partition coefficient (Wildman–Crippen LogP) is 5.11. The van der Waals surface area contributed by atoms with Crippen LogP contribution in [0.4, 0.5) is 4.79 Å². The summed E-state index contributed by atoms with van der Waals surface area (Å²) in [5.74, 6) is -1.16. The highest BCUT2D eigenvalue weighted by molar-refractivity contribution is 5.83. The van der Waals surface area contributed by atoms with Gasteiger partial charge in [0.25, 0.3) is 0 Å². The summed E-state index contributed by atoms with van der Waals surface area (Å²) in [6.45, 7) is 0.145. The highest BCUT2D eigenvalue weighted by Gasteiger charge is 2.32. The van der Waals surface area contributed by atoms with Crippen molar-refractivity contribution in [1.82, 2.24) is 9.88 Å². The molecular formula is C28H24N2O4. The zero-order valence-corrected chi connectivity index (χ0v) is 18.7. The lowest BCUT2D eigenvalue weighted by atomic mass is 9.98. The Bertz CT molecular complexity index is 1340. The van der Waals surface area contributed by atoms with E-state index in [0.717, 1.165) is 38.6 Å². The molecule has 0 saturated carbocycles. The van der Waals surface area contributed by atoms with Gasteiger partial charge in [-0.2, -0.15) is 0 Å². The third-order valence-corrected chi connectivity index (χ3v) is 6.51. The van der Waals surface area contributed by atoms with Crippen LogP contribution in [0.3, 0.4) is 0 Å². The number of carbonyl (C=O) groups excluding carboxylic acids is 1. The molecule has 0 aliphatic heterocycles. The second kappa shape index (κ2) is 8.98. The predicted molar refractivity (Wildman–Crippen MR) is 130 cm³/mol. The molecule has 34 heavy (non-hydrogen) atoms. The first-order valence-electron chi connectivity index (χ1n) is 11.2. The van der Waals surface area contributed by atoms with Crippen molar-refractivity contribution in [3.05, 3.63) is 102 Å². The molecule has 1 N–H and O–H groups in total. The minimum absolute atomic E-state index is 0.0814. The molecule has 0 radical (unpaired) electrons. The van der Waals surface area contributed by atoms with Crippen molar-refractivity contribution >= 4 is 22.8 Å². The molecule has 170 valence electrons. The van der Waals surface area contributed by atoms with Crippen LogP contribution in [-0.4, -0.2) is 46.7 Å². The number of ether oxygens (including phenoxy) is 1. The Morgan fingerprint density at radius 1 is 0.971 bits per heavy atom. The maximum Gasteiger partial charge on any atom is 0.410 e. The summed E-state index contributed by atoms with van der Waals surface area (Å²) in [7, 11) is 1.47. The van der Waals surface area contributed by atoms with E-state index in [2.05, 4.69) is 17.1 Å². The van der Waals surface area contributed by atoms with Crippen molar-refractivity contribution in [1.29, 1.82) is 0 Å². The van der Waals surface area contributed by atoms with Gasteiger partial charge in [-0.05, 0) is 39.3 Å². The fourth-order valence-electron chi connectivity index (χ4n) is 4.70. The summed E-state index contributed by atoms with van der Waals surface area (Å²) in [5.41, 5.74) is 5.33. The molecule has 0 fully saturated rings. The number of rotatable bonds is 6. The first kappa shape index (κ1) is 21.6. The van der Waals surface area contributed by atoms with Crippen LogP contribution in [-0.2, 0) is 16.0 Å². The number of pyridine rings is 1. The van der Waals surface area contributed by atoms with E-state index in [9.17, 15) is 14.7 Å². The molecule has 1 heterocycles. The maximum atomic E-state index is 12.9. The number of amides is 1. The third kappa shape index (κ3) is 3.99. The summed E-state index contributed by atoms with van der Waals surface area (Å²) in [6, 6.07) is 22.7. The fourth-order valence-corrected chi connectivity index (χ4v) is 4.70. The zero-order chi connectivity index (χ0) is 23.7. The largest absolute Gasteiger partial charge is 0.480 e. The number of likely N-dealkylation sites (N-methyl/N-ethyl adjacent to an activating group) is 1. The molecule has 5 rings (SSSR count). The van der Waals surface area contributed by atoms with Crippen LogP contribution in [0, 0.1) is 0 Å². The monoisotopic (exact) mass is 452 g/mol. The van der Waals surface area contributed by atoms with E-state index >= 15 is 0 Å². The van der Waals surface area contributed by atoms with Crippen molar-refractivity contribution < 1.29 is 19.4 Å². The Hall–Kier alpha value is -4.19.